The van der Waals surface area contributed by atoms with Crippen molar-refractivity contribution in [1.29, 1.82) is 0 Å². The van der Waals surface area contributed by atoms with E-state index < -0.39 is 11.8 Å². The number of carbonyl (C=O) groups is 2. The van der Waals surface area contributed by atoms with Gasteiger partial charge in [-0.1, -0.05) is 22.0 Å². The van der Waals surface area contributed by atoms with Gasteiger partial charge < -0.3 is 9.84 Å². The van der Waals surface area contributed by atoms with Crippen LogP contribution in [0.2, 0.25) is 0 Å². The molecule has 23 heavy (non-hydrogen) atoms. The average molecular weight is 397 g/mol. The third-order valence-corrected chi connectivity index (χ3v) is 4.15. The molecule has 2 amide bonds. The summed E-state index contributed by atoms with van der Waals surface area (Å²) in [4.78, 5) is 25.7. The van der Waals surface area contributed by atoms with Crippen molar-refractivity contribution < 1.29 is 19.4 Å². The van der Waals surface area contributed by atoms with Crippen molar-refractivity contribution in [2.24, 2.45) is 0 Å². The molecule has 1 aromatic carbocycles. The second-order valence-electron chi connectivity index (χ2n) is 4.53. The van der Waals surface area contributed by atoms with E-state index in [4.69, 9.17) is 17.0 Å². The van der Waals surface area contributed by atoms with Gasteiger partial charge in [0.1, 0.15) is 5.57 Å². The molecule has 1 saturated heterocycles. The number of methoxy groups -OCH3 is 1. The maximum absolute atomic E-state index is 12.5. The van der Waals surface area contributed by atoms with Gasteiger partial charge in [-0.2, -0.15) is 0 Å². The van der Waals surface area contributed by atoms with E-state index in [2.05, 4.69) is 27.8 Å². The minimum absolute atomic E-state index is 0.0194. The second kappa shape index (κ2) is 6.93. The second-order valence-corrected chi connectivity index (χ2v) is 5.77. The molecule has 0 aliphatic carbocycles. The zero-order valence-corrected chi connectivity index (χ0v) is 14.5. The summed E-state index contributed by atoms with van der Waals surface area (Å²) in [6, 6.07) is 3.20. The molecule has 0 saturated carbocycles. The van der Waals surface area contributed by atoms with E-state index in [-0.39, 0.29) is 34.3 Å². The molecule has 0 unspecified atom stereocenters. The third-order valence-electron chi connectivity index (χ3n) is 3.13. The topological polar surface area (TPSA) is 78.9 Å². The van der Waals surface area contributed by atoms with E-state index in [1.54, 1.807) is 12.1 Å². The minimum Gasteiger partial charge on any atom is -0.504 e. The number of hydrogen-bond acceptors (Lipinski definition) is 5. The van der Waals surface area contributed by atoms with Gasteiger partial charge in [0, 0.05) is 16.6 Å². The summed E-state index contributed by atoms with van der Waals surface area (Å²) in [5.41, 5.74) is 0.110. The molecule has 6 nitrogen and oxygen atoms in total. The highest BCUT2D eigenvalue weighted by atomic mass is 79.9. The van der Waals surface area contributed by atoms with Crippen molar-refractivity contribution in [3.63, 3.8) is 0 Å². The van der Waals surface area contributed by atoms with E-state index in [1.807, 2.05) is 0 Å². The molecule has 120 valence electrons. The lowest BCUT2D eigenvalue weighted by Crippen LogP contribution is -2.53. The van der Waals surface area contributed by atoms with Crippen LogP contribution in [-0.2, 0) is 9.59 Å². The lowest BCUT2D eigenvalue weighted by Gasteiger charge is -2.27. The van der Waals surface area contributed by atoms with E-state index >= 15 is 0 Å². The predicted octanol–water partition coefficient (Wildman–Crippen LogP) is 1.98. The van der Waals surface area contributed by atoms with Crippen LogP contribution in [0, 0.1) is 0 Å². The van der Waals surface area contributed by atoms with Crippen molar-refractivity contribution in [2.75, 3.05) is 13.7 Å². The van der Waals surface area contributed by atoms with Crippen LogP contribution in [0.15, 0.2) is 34.8 Å². The van der Waals surface area contributed by atoms with Crippen molar-refractivity contribution in [1.82, 2.24) is 10.2 Å². The Labute approximate surface area is 146 Å². The number of hydrogen-bond donors (Lipinski definition) is 2. The molecule has 1 aliphatic heterocycles. The molecule has 0 aromatic heterocycles. The number of nitrogens with zero attached hydrogens (tertiary/aromatic N) is 1. The minimum atomic E-state index is -0.630. The van der Waals surface area contributed by atoms with E-state index in [0.29, 0.717) is 4.47 Å². The smallest absolute Gasteiger partial charge is 0.265 e. The van der Waals surface area contributed by atoms with Gasteiger partial charge in [0.15, 0.2) is 16.6 Å². The summed E-state index contributed by atoms with van der Waals surface area (Å²) in [6.07, 6.45) is 2.79. The first-order valence-electron chi connectivity index (χ1n) is 6.46. The molecule has 2 N–H and O–H groups in total. The number of phenolic OH excluding ortho intramolecular Hbond substituents is 1. The number of halogens is 1. The molecule has 0 bridgehead atoms. The first-order chi connectivity index (χ1) is 10.9. The molecule has 0 atom stereocenters. The molecule has 2 rings (SSSR count). The molecule has 1 heterocycles. The van der Waals surface area contributed by atoms with Gasteiger partial charge in [-0.25, -0.2) is 0 Å². The first kappa shape index (κ1) is 17.2. The molecule has 1 fully saturated rings. The van der Waals surface area contributed by atoms with Gasteiger partial charge in [-0.15, -0.1) is 6.58 Å². The van der Waals surface area contributed by atoms with Crippen LogP contribution in [-0.4, -0.2) is 40.6 Å². The first-order valence-corrected chi connectivity index (χ1v) is 7.66. The van der Waals surface area contributed by atoms with E-state index in [1.165, 1.54) is 24.2 Å². The SMILES string of the molecule is C=CCN1C(=O)/C(=C/c2c(Br)ccc(OC)c2O)C(=O)NC1=S. The van der Waals surface area contributed by atoms with Crippen LogP contribution >= 0.6 is 28.1 Å². The number of ether oxygens (including phenoxy) is 1. The lowest BCUT2D eigenvalue weighted by atomic mass is 10.1. The Balaban J connectivity index is 2.53. The maximum Gasteiger partial charge on any atom is 0.265 e. The van der Waals surface area contributed by atoms with Gasteiger partial charge in [-0.05, 0) is 30.4 Å². The van der Waals surface area contributed by atoms with Crippen molar-refractivity contribution >= 4 is 51.2 Å². The Morgan fingerprint density at radius 2 is 2.17 bits per heavy atom. The number of carbonyl (C=O) groups excluding carboxylic acids is 2. The summed E-state index contributed by atoms with van der Waals surface area (Å²) in [7, 11) is 1.41. The Kier molecular flexibility index (Phi) is 5.17. The Bertz CT molecular complexity index is 745. The number of rotatable bonds is 4. The van der Waals surface area contributed by atoms with E-state index in [0.717, 1.165) is 0 Å². The van der Waals surface area contributed by atoms with Crippen LogP contribution in [0.1, 0.15) is 5.56 Å². The van der Waals surface area contributed by atoms with E-state index in [9.17, 15) is 14.7 Å². The van der Waals surface area contributed by atoms with Gasteiger partial charge in [-0.3, -0.25) is 19.8 Å². The fraction of sp³-hybridized carbons (Fsp3) is 0.133. The molecular formula is C15H13BrN2O4S. The zero-order chi connectivity index (χ0) is 17.1. The van der Waals surface area contributed by atoms with Crippen molar-refractivity contribution in [3.8, 4) is 11.5 Å². The number of aromatic hydroxyl groups is 1. The van der Waals surface area contributed by atoms with Crippen LogP contribution in [0.3, 0.4) is 0 Å². The van der Waals surface area contributed by atoms with Gasteiger partial charge >= 0.3 is 0 Å². The summed E-state index contributed by atoms with van der Waals surface area (Å²) in [6.45, 7) is 3.72. The fourth-order valence-electron chi connectivity index (χ4n) is 2.00. The summed E-state index contributed by atoms with van der Waals surface area (Å²) in [5, 5.41) is 12.7. The standard InChI is InChI=1S/C15H13BrN2O4S/c1-3-6-18-14(21)9(13(20)17-15(18)23)7-8-10(16)4-5-11(22-2)12(8)19/h3-5,7,19H,1,6H2,2H3,(H,17,20,23)/b9-7+. The summed E-state index contributed by atoms with van der Waals surface area (Å²) in [5.74, 6) is -1.15. The van der Waals surface area contributed by atoms with Gasteiger partial charge in [0.2, 0.25) is 0 Å². The molecule has 1 aliphatic rings. The van der Waals surface area contributed by atoms with Gasteiger partial charge in [0.05, 0.1) is 7.11 Å². The Morgan fingerprint density at radius 1 is 1.48 bits per heavy atom. The van der Waals surface area contributed by atoms with Crippen LogP contribution in [0.5, 0.6) is 11.5 Å². The lowest BCUT2D eigenvalue weighted by molar-refractivity contribution is -0.128. The number of amides is 2. The molecule has 0 spiro atoms. The number of nitrogens with one attached hydrogen (secondary N) is 1. The highest BCUT2D eigenvalue weighted by molar-refractivity contribution is 9.10. The third kappa shape index (κ3) is 3.27. The summed E-state index contributed by atoms with van der Waals surface area (Å²) >= 11 is 8.25. The monoisotopic (exact) mass is 396 g/mol. The quantitative estimate of drug-likeness (QED) is 0.352. The normalized spacial score (nSPS) is 16.5. The predicted molar refractivity (Wildman–Crippen MR) is 93.0 cm³/mol. The molecule has 0 radical (unpaired) electrons. The largest absolute Gasteiger partial charge is 0.504 e. The number of phenols is 1. The van der Waals surface area contributed by atoms with Crippen LogP contribution < -0.4 is 10.1 Å². The van der Waals surface area contributed by atoms with Crippen LogP contribution in [0.4, 0.5) is 0 Å². The molecule has 8 heteroatoms. The Hall–Kier alpha value is -2.19. The molecular weight excluding hydrogens is 384 g/mol. The maximum atomic E-state index is 12.5. The highest BCUT2D eigenvalue weighted by Gasteiger charge is 2.33. The van der Waals surface area contributed by atoms with Gasteiger partial charge in [0.25, 0.3) is 11.8 Å². The number of thiocarbonyl (C=S) groups is 1. The van der Waals surface area contributed by atoms with Crippen LogP contribution in [0.25, 0.3) is 6.08 Å². The average Bonchev–Trinajstić information content (AvgIpc) is 2.50. The number of benzene rings is 1. The Morgan fingerprint density at radius 3 is 2.78 bits per heavy atom. The van der Waals surface area contributed by atoms with Crippen molar-refractivity contribution in [3.05, 3.63) is 40.4 Å². The van der Waals surface area contributed by atoms with Crippen molar-refractivity contribution in [2.45, 2.75) is 0 Å². The molecule has 1 aromatic rings. The zero-order valence-electron chi connectivity index (χ0n) is 12.1. The fourth-order valence-corrected chi connectivity index (χ4v) is 2.68. The highest BCUT2D eigenvalue weighted by Crippen LogP contribution is 2.36. The summed E-state index contributed by atoms with van der Waals surface area (Å²) < 4.78 is 5.54.